The van der Waals surface area contributed by atoms with Crippen LogP contribution in [-0.4, -0.2) is 29.4 Å². The first-order valence-electron chi connectivity index (χ1n) is 5.31. The van der Waals surface area contributed by atoms with Gasteiger partial charge in [-0.3, -0.25) is 0 Å². The molecule has 100 valence electrons. The third kappa shape index (κ3) is 3.36. The zero-order chi connectivity index (χ0) is 13.9. The molecule has 0 bridgehead atoms. The van der Waals surface area contributed by atoms with Gasteiger partial charge in [0.2, 0.25) is 0 Å². The molecule has 0 aliphatic heterocycles. The Morgan fingerprint density at radius 2 is 1.94 bits per heavy atom. The van der Waals surface area contributed by atoms with E-state index in [1.54, 1.807) is 6.07 Å². The molecule has 1 rings (SSSR count). The molecule has 0 heterocycles. The number of ether oxygens (including phenoxy) is 2. The monoisotopic (exact) mass is 318 g/mol. The first kappa shape index (κ1) is 14.8. The smallest absolute Gasteiger partial charge is 0.337 e. The SMILES string of the molecule is COc1cc(C(O)C(=O)O)c(Br)cc1OC(C)C. The highest BCUT2D eigenvalue weighted by atomic mass is 79.9. The van der Waals surface area contributed by atoms with Gasteiger partial charge in [0, 0.05) is 10.0 Å². The van der Waals surface area contributed by atoms with E-state index in [0.29, 0.717) is 16.0 Å². The molecule has 0 radical (unpaired) electrons. The van der Waals surface area contributed by atoms with Crippen molar-refractivity contribution in [2.24, 2.45) is 0 Å². The van der Waals surface area contributed by atoms with Crippen LogP contribution in [0.1, 0.15) is 25.5 Å². The Hall–Kier alpha value is -1.27. The molecule has 0 aliphatic carbocycles. The van der Waals surface area contributed by atoms with Gasteiger partial charge in [-0.1, -0.05) is 15.9 Å². The largest absolute Gasteiger partial charge is 0.493 e. The minimum absolute atomic E-state index is 0.0407. The first-order valence-corrected chi connectivity index (χ1v) is 6.11. The van der Waals surface area contributed by atoms with Gasteiger partial charge in [-0.2, -0.15) is 0 Å². The number of carboxylic acids is 1. The number of carbonyl (C=O) groups is 1. The summed E-state index contributed by atoms with van der Waals surface area (Å²) in [7, 11) is 1.45. The summed E-state index contributed by atoms with van der Waals surface area (Å²) in [5.41, 5.74) is 0.218. The van der Waals surface area contributed by atoms with Gasteiger partial charge in [0.05, 0.1) is 13.2 Å². The quantitative estimate of drug-likeness (QED) is 0.871. The minimum atomic E-state index is -1.61. The van der Waals surface area contributed by atoms with Crippen molar-refractivity contribution in [2.75, 3.05) is 7.11 Å². The van der Waals surface area contributed by atoms with Crippen molar-refractivity contribution < 1.29 is 24.5 Å². The summed E-state index contributed by atoms with van der Waals surface area (Å²) in [5, 5.41) is 18.3. The lowest BCUT2D eigenvalue weighted by atomic mass is 10.1. The molecule has 1 aromatic carbocycles. The number of rotatable bonds is 5. The number of carboxylic acid groups (broad SMARTS) is 1. The number of halogens is 1. The molecule has 0 spiro atoms. The molecular formula is C12H15BrO5. The van der Waals surface area contributed by atoms with Crippen molar-refractivity contribution >= 4 is 21.9 Å². The van der Waals surface area contributed by atoms with Crippen LogP contribution in [-0.2, 0) is 4.79 Å². The fraction of sp³-hybridized carbons (Fsp3) is 0.417. The maximum Gasteiger partial charge on any atom is 0.337 e. The lowest BCUT2D eigenvalue weighted by Gasteiger charge is -2.17. The molecule has 0 saturated carbocycles. The molecule has 2 N–H and O–H groups in total. The van der Waals surface area contributed by atoms with Crippen LogP contribution in [0.5, 0.6) is 11.5 Å². The van der Waals surface area contributed by atoms with E-state index in [-0.39, 0.29) is 11.7 Å². The summed E-state index contributed by atoms with van der Waals surface area (Å²) in [6.45, 7) is 3.74. The number of aliphatic hydroxyl groups excluding tert-OH is 1. The highest BCUT2D eigenvalue weighted by Crippen LogP contribution is 2.36. The number of aliphatic hydroxyl groups is 1. The van der Waals surface area contributed by atoms with Crippen molar-refractivity contribution in [1.82, 2.24) is 0 Å². The Kier molecular flexibility index (Phi) is 4.98. The average Bonchev–Trinajstić information content (AvgIpc) is 2.27. The van der Waals surface area contributed by atoms with Crippen LogP contribution in [0.3, 0.4) is 0 Å². The number of methoxy groups -OCH3 is 1. The Morgan fingerprint density at radius 1 is 1.33 bits per heavy atom. The van der Waals surface area contributed by atoms with Crippen LogP contribution >= 0.6 is 15.9 Å². The minimum Gasteiger partial charge on any atom is -0.493 e. The van der Waals surface area contributed by atoms with E-state index < -0.39 is 12.1 Å². The van der Waals surface area contributed by atoms with Crippen LogP contribution < -0.4 is 9.47 Å². The zero-order valence-electron chi connectivity index (χ0n) is 10.3. The van der Waals surface area contributed by atoms with Gasteiger partial charge in [-0.05, 0) is 26.0 Å². The molecule has 0 fully saturated rings. The fourth-order valence-corrected chi connectivity index (χ4v) is 1.94. The third-order valence-corrected chi connectivity index (χ3v) is 2.86. The van der Waals surface area contributed by atoms with E-state index in [0.717, 1.165) is 0 Å². The molecule has 1 atom stereocenters. The van der Waals surface area contributed by atoms with E-state index in [1.165, 1.54) is 13.2 Å². The van der Waals surface area contributed by atoms with Crippen molar-refractivity contribution in [1.29, 1.82) is 0 Å². The number of benzene rings is 1. The van der Waals surface area contributed by atoms with Crippen molar-refractivity contribution in [2.45, 2.75) is 26.1 Å². The normalized spacial score (nSPS) is 12.3. The van der Waals surface area contributed by atoms with Crippen LogP contribution in [0, 0.1) is 0 Å². The molecule has 6 heteroatoms. The van der Waals surface area contributed by atoms with Gasteiger partial charge in [-0.15, -0.1) is 0 Å². The number of hydrogen-bond donors (Lipinski definition) is 2. The van der Waals surface area contributed by atoms with E-state index in [9.17, 15) is 9.90 Å². The first-order chi connectivity index (χ1) is 8.36. The van der Waals surface area contributed by atoms with Gasteiger partial charge in [-0.25, -0.2) is 4.79 Å². The molecule has 0 aliphatic rings. The molecule has 0 aromatic heterocycles. The Labute approximate surface area is 113 Å². The van der Waals surface area contributed by atoms with Gasteiger partial charge < -0.3 is 19.7 Å². The Balaban J connectivity index is 3.21. The maximum atomic E-state index is 10.8. The van der Waals surface area contributed by atoms with E-state index in [1.807, 2.05) is 13.8 Å². The lowest BCUT2D eigenvalue weighted by molar-refractivity contribution is -0.147. The summed E-state index contributed by atoms with van der Waals surface area (Å²) in [5.74, 6) is -0.460. The maximum absolute atomic E-state index is 10.8. The van der Waals surface area contributed by atoms with Gasteiger partial charge in [0.15, 0.2) is 17.6 Å². The third-order valence-electron chi connectivity index (χ3n) is 2.17. The second-order valence-corrected chi connectivity index (χ2v) is 4.79. The molecule has 1 unspecified atom stereocenters. The lowest BCUT2D eigenvalue weighted by Crippen LogP contribution is -2.12. The van der Waals surface area contributed by atoms with Crippen molar-refractivity contribution in [3.8, 4) is 11.5 Å². The summed E-state index contributed by atoms with van der Waals surface area (Å²) >= 11 is 3.21. The molecule has 0 amide bonds. The predicted octanol–water partition coefficient (Wildman–Crippen LogP) is 2.36. The summed E-state index contributed by atoms with van der Waals surface area (Å²) in [6, 6.07) is 3.03. The molecule has 18 heavy (non-hydrogen) atoms. The topological polar surface area (TPSA) is 76.0 Å². The highest BCUT2D eigenvalue weighted by molar-refractivity contribution is 9.10. The summed E-state index contributed by atoms with van der Waals surface area (Å²) in [4.78, 5) is 10.8. The molecule has 1 aromatic rings. The number of hydrogen-bond acceptors (Lipinski definition) is 4. The van der Waals surface area contributed by atoms with Gasteiger partial charge >= 0.3 is 5.97 Å². The van der Waals surface area contributed by atoms with E-state index in [4.69, 9.17) is 14.6 Å². The standard InChI is InChI=1S/C12H15BrO5/c1-6(2)18-10-5-8(13)7(4-9(10)17-3)11(14)12(15)16/h4-6,11,14H,1-3H3,(H,15,16). The Bertz CT molecular complexity index is 444. The number of aliphatic carboxylic acids is 1. The van der Waals surface area contributed by atoms with Crippen molar-refractivity contribution in [3.63, 3.8) is 0 Å². The summed E-state index contributed by atoms with van der Waals surface area (Å²) < 4.78 is 11.1. The van der Waals surface area contributed by atoms with Crippen LogP contribution in [0.2, 0.25) is 0 Å². The van der Waals surface area contributed by atoms with Crippen LogP contribution in [0.4, 0.5) is 0 Å². The average molecular weight is 319 g/mol. The van der Waals surface area contributed by atoms with Crippen molar-refractivity contribution in [3.05, 3.63) is 22.2 Å². The molecular weight excluding hydrogens is 304 g/mol. The second kappa shape index (κ2) is 6.06. The molecule has 0 saturated heterocycles. The van der Waals surface area contributed by atoms with Gasteiger partial charge in [0.1, 0.15) is 0 Å². The molecule has 5 nitrogen and oxygen atoms in total. The van der Waals surface area contributed by atoms with Crippen LogP contribution in [0.15, 0.2) is 16.6 Å². The highest BCUT2D eigenvalue weighted by Gasteiger charge is 2.22. The fourth-order valence-electron chi connectivity index (χ4n) is 1.40. The second-order valence-electron chi connectivity index (χ2n) is 3.93. The zero-order valence-corrected chi connectivity index (χ0v) is 11.9. The van der Waals surface area contributed by atoms with E-state index in [2.05, 4.69) is 15.9 Å². The Morgan fingerprint density at radius 3 is 2.39 bits per heavy atom. The predicted molar refractivity (Wildman–Crippen MR) is 69.1 cm³/mol. The van der Waals surface area contributed by atoms with E-state index >= 15 is 0 Å². The van der Waals surface area contributed by atoms with Gasteiger partial charge in [0.25, 0.3) is 0 Å². The summed E-state index contributed by atoms with van der Waals surface area (Å²) in [6.07, 6.45) is -1.65. The van der Waals surface area contributed by atoms with Crippen LogP contribution in [0.25, 0.3) is 0 Å².